The van der Waals surface area contributed by atoms with E-state index in [-0.39, 0.29) is 0 Å². The fourth-order valence-corrected chi connectivity index (χ4v) is 2.76. The van der Waals surface area contributed by atoms with Crippen LogP contribution in [0.15, 0.2) is 59.5 Å². The van der Waals surface area contributed by atoms with Crippen LogP contribution in [0.3, 0.4) is 0 Å². The molecule has 170 valence electrons. The maximum atomic E-state index is 4.65. The summed E-state index contributed by atoms with van der Waals surface area (Å²) in [7, 11) is 0. The molecule has 4 rings (SSSR count). The van der Waals surface area contributed by atoms with Crippen molar-refractivity contribution in [1.82, 2.24) is 9.97 Å². The van der Waals surface area contributed by atoms with E-state index in [2.05, 4.69) is 74.7 Å². The Balaban J connectivity index is 0.000000215. The van der Waals surface area contributed by atoms with E-state index in [9.17, 15) is 0 Å². The summed E-state index contributed by atoms with van der Waals surface area (Å²) in [4.78, 5) is 10.3. The van der Waals surface area contributed by atoms with E-state index in [0.29, 0.717) is 5.41 Å². The Kier molecular flexibility index (Phi) is 9.98. The molecule has 1 aromatic heterocycles. The summed E-state index contributed by atoms with van der Waals surface area (Å²) in [5.41, 5.74) is 3.79. The zero-order valence-electron chi connectivity index (χ0n) is 20.3. The molecule has 4 heteroatoms. The molecule has 3 aromatic rings. The van der Waals surface area contributed by atoms with Crippen molar-refractivity contribution in [3.05, 3.63) is 76.6 Å². The van der Waals surface area contributed by atoms with Gasteiger partial charge < -0.3 is 5.32 Å². The standard InChI is InChI=1S/C15H15N3.C7H8S.C6H14/c1-11-15(17-12-7-3-2-4-8-12)18-14-10-6-5-9-13(14)16-11;1-6-2-4-7(8)5-3-6;1-5-6(2,3)4/h2-4,7-10H,5-6H2,1H3,(H,17,18);2-5,8H,1H3;5H2,1-4H3. The number of hydrogen-bond acceptors (Lipinski definition) is 4. The van der Waals surface area contributed by atoms with Gasteiger partial charge in [0.15, 0.2) is 5.82 Å². The van der Waals surface area contributed by atoms with Gasteiger partial charge in [0, 0.05) is 10.6 Å². The first-order valence-corrected chi connectivity index (χ1v) is 11.8. The van der Waals surface area contributed by atoms with Crippen LogP contribution in [-0.4, -0.2) is 9.97 Å². The molecule has 0 amide bonds. The van der Waals surface area contributed by atoms with Crippen LogP contribution in [0.25, 0.3) is 12.2 Å². The zero-order chi connectivity index (χ0) is 23.6. The lowest BCUT2D eigenvalue weighted by Crippen LogP contribution is -2.34. The SMILES string of the molecule is CCC(C)(C)C.Cc1ccc(S)cc1.Cc1nc2c(nc1Nc1ccccc1)=CCCC=2. The fourth-order valence-electron chi connectivity index (χ4n) is 2.61. The summed E-state index contributed by atoms with van der Waals surface area (Å²) in [6, 6.07) is 18.1. The Morgan fingerprint density at radius 1 is 0.844 bits per heavy atom. The summed E-state index contributed by atoms with van der Waals surface area (Å²) in [5, 5.41) is 5.32. The van der Waals surface area contributed by atoms with Gasteiger partial charge in [-0.3, -0.25) is 0 Å². The second-order valence-electron chi connectivity index (χ2n) is 9.15. The van der Waals surface area contributed by atoms with Gasteiger partial charge >= 0.3 is 0 Å². The smallest absolute Gasteiger partial charge is 0.152 e. The van der Waals surface area contributed by atoms with Gasteiger partial charge in [0.2, 0.25) is 0 Å². The topological polar surface area (TPSA) is 37.8 Å². The number of nitrogens with one attached hydrogen (secondary N) is 1. The number of aromatic nitrogens is 2. The largest absolute Gasteiger partial charge is 0.339 e. The summed E-state index contributed by atoms with van der Waals surface area (Å²) < 4.78 is 0. The number of rotatable bonds is 2. The molecule has 1 aliphatic carbocycles. The molecule has 3 nitrogen and oxygen atoms in total. The Bertz CT molecular complexity index is 1060. The van der Waals surface area contributed by atoms with Crippen molar-refractivity contribution in [1.29, 1.82) is 0 Å². The van der Waals surface area contributed by atoms with Crippen molar-refractivity contribution in [3.8, 4) is 0 Å². The molecule has 32 heavy (non-hydrogen) atoms. The summed E-state index contributed by atoms with van der Waals surface area (Å²) in [6.07, 6.45) is 7.69. The predicted octanol–water partition coefficient (Wildman–Crippen LogP) is 6.61. The number of benzene rings is 2. The number of para-hydroxylation sites is 1. The quantitative estimate of drug-likeness (QED) is 0.434. The van der Waals surface area contributed by atoms with E-state index in [1.165, 1.54) is 12.0 Å². The first kappa shape index (κ1) is 25.7. The van der Waals surface area contributed by atoms with Gasteiger partial charge in [0.25, 0.3) is 0 Å². The number of anilines is 2. The third kappa shape index (κ3) is 9.27. The van der Waals surface area contributed by atoms with Crippen molar-refractivity contribution in [2.24, 2.45) is 5.41 Å². The van der Waals surface area contributed by atoms with Crippen LogP contribution in [-0.2, 0) is 0 Å². The third-order valence-electron chi connectivity index (χ3n) is 5.10. The second-order valence-corrected chi connectivity index (χ2v) is 9.67. The molecule has 0 bridgehead atoms. The molecule has 0 saturated heterocycles. The lowest BCUT2D eigenvalue weighted by molar-refractivity contribution is 0.398. The molecule has 0 aliphatic heterocycles. The fraction of sp³-hybridized carbons (Fsp3) is 0.357. The number of nitrogens with zero attached hydrogens (tertiary/aromatic N) is 2. The lowest BCUT2D eigenvalue weighted by Gasteiger charge is -2.12. The molecule has 0 radical (unpaired) electrons. The minimum Gasteiger partial charge on any atom is -0.339 e. The zero-order valence-corrected chi connectivity index (χ0v) is 21.2. The maximum Gasteiger partial charge on any atom is 0.152 e. The van der Waals surface area contributed by atoms with Crippen molar-refractivity contribution in [3.63, 3.8) is 0 Å². The van der Waals surface area contributed by atoms with E-state index in [0.717, 1.165) is 45.6 Å². The van der Waals surface area contributed by atoms with Gasteiger partial charge in [-0.15, -0.1) is 12.6 Å². The highest BCUT2D eigenvalue weighted by Crippen LogP contribution is 2.16. The van der Waals surface area contributed by atoms with Crippen LogP contribution in [0.4, 0.5) is 11.5 Å². The molecule has 1 heterocycles. The monoisotopic (exact) mass is 447 g/mol. The van der Waals surface area contributed by atoms with Gasteiger partial charge in [0.05, 0.1) is 16.4 Å². The van der Waals surface area contributed by atoms with Gasteiger partial charge in [-0.2, -0.15) is 0 Å². The molecule has 1 aliphatic rings. The molecule has 0 spiro atoms. The van der Waals surface area contributed by atoms with Crippen LogP contribution in [0, 0.1) is 19.3 Å². The first-order chi connectivity index (χ1) is 15.2. The predicted molar refractivity (Wildman–Crippen MR) is 142 cm³/mol. The molecule has 2 aromatic carbocycles. The van der Waals surface area contributed by atoms with Gasteiger partial charge in [-0.25, -0.2) is 9.97 Å². The molecule has 0 unspecified atom stereocenters. The molecule has 0 fully saturated rings. The minimum atomic E-state index is 0.542. The van der Waals surface area contributed by atoms with E-state index in [4.69, 9.17) is 0 Å². The molecule has 0 saturated carbocycles. The van der Waals surface area contributed by atoms with Crippen molar-refractivity contribution in [2.45, 2.75) is 65.7 Å². The highest BCUT2D eigenvalue weighted by molar-refractivity contribution is 7.80. The van der Waals surface area contributed by atoms with Crippen LogP contribution in [0.5, 0.6) is 0 Å². The highest BCUT2D eigenvalue weighted by atomic mass is 32.1. The highest BCUT2D eigenvalue weighted by Gasteiger charge is 2.05. The van der Waals surface area contributed by atoms with Gasteiger partial charge in [0.1, 0.15) is 0 Å². The molecule has 0 atom stereocenters. The number of aryl methyl sites for hydroxylation is 2. The summed E-state index contributed by atoms with van der Waals surface area (Å²) in [6.45, 7) is 13.0. The molecular formula is C28H37N3S. The Morgan fingerprint density at radius 2 is 1.38 bits per heavy atom. The summed E-state index contributed by atoms with van der Waals surface area (Å²) in [5.74, 6) is 0.839. The molecule has 1 N–H and O–H groups in total. The van der Waals surface area contributed by atoms with E-state index < -0.39 is 0 Å². The van der Waals surface area contributed by atoms with Crippen molar-refractivity contribution in [2.75, 3.05) is 5.32 Å². The lowest BCUT2D eigenvalue weighted by atomic mass is 9.94. The Morgan fingerprint density at radius 3 is 1.88 bits per heavy atom. The van der Waals surface area contributed by atoms with Crippen LogP contribution < -0.4 is 16.0 Å². The Hall–Kier alpha value is -2.59. The third-order valence-corrected chi connectivity index (χ3v) is 5.40. The number of fused-ring (bicyclic) bond motifs is 1. The average molecular weight is 448 g/mol. The van der Waals surface area contributed by atoms with Crippen LogP contribution in [0.1, 0.15) is 58.2 Å². The Labute approximate surface area is 199 Å². The number of hydrogen-bond donors (Lipinski definition) is 2. The first-order valence-electron chi connectivity index (χ1n) is 11.3. The van der Waals surface area contributed by atoms with E-state index >= 15 is 0 Å². The summed E-state index contributed by atoms with van der Waals surface area (Å²) >= 11 is 4.13. The van der Waals surface area contributed by atoms with Gasteiger partial charge in [-0.1, -0.05) is 82.2 Å². The van der Waals surface area contributed by atoms with Gasteiger partial charge in [-0.05, 0) is 56.4 Å². The van der Waals surface area contributed by atoms with Crippen molar-refractivity contribution < 1.29 is 0 Å². The number of thiol groups is 1. The average Bonchev–Trinajstić information content (AvgIpc) is 2.77. The van der Waals surface area contributed by atoms with E-state index in [1.54, 1.807) is 0 Å². The second kappa shape index (κ2) is 12.4. The van der Waals surface area contributed by atoms with Crippen LogP contribution >= 0.6 is 12.6 Å². The normalized spacial score (nSPS) is 12.0. The minimum absolute atomic E-state index is 0.542. The maximum absolute atomic E-state index is 4.65. The van der Waals surface area contributed by atoms with Crippen molar-refractivity contribution >= 4 is 36.3 Å². The molecular weight excluding hydrogens is 410 g/mol. The van der Waals surface area contributed by atoms with Crippen LogP contribution in [0.2, 0.25) is 0 Å². The van der Waals surface area contributed by atoms with E-state index in [1.807, 2.05) is 61.5 Å².